The number of alkyl halides is 1. The van der Waals surface area contributed by atoms with Gasteiger partial charge in [-0.05, 0) is 64.8 Å². The normalized spacial score (nSPS) is 19.0. The fraction of sp³-hybridized carbons (Fsp3) is 0.440. The van der Waals surface area contributed by atoms with Crippen LogP contribution in [0.3, 0.4) is 0 Å². The first kappa shape index (κ1) is 23.2. The Bertz CT molecular complexity index is 1440. The van der Waals surface area contributed by atoms with Crippen molar-refractivity contribution in [2.24, 2.45) is 0 Å². The van der Waals surface area contributed by atoms with Crippen molar-refractivity contribution in [1.82, 2.24) is 29.3 Å². The van der Waals surface area contributed by atoms with Crippen molar-refractivity contribution in [2.45, 2.75) is 58.9 Å². The lowest BCUT2D eigenvalue weighted by molar-refractivity contribution is 0.00581. The summed E-state index contributed by atoms with van der Waals surface area (Å²) in [5.41, 5.74) is 3.26. The predicted octanol–water partition coefficient (Wildman–Crippen LogP) is 5.02. The Morgan fingerprint density at radius 3 is 2.63 bits per heavy atom. The van der Waals surface area contributed by atoms with E-state index in [0.717, 1.165) is 16.9 Å². The fourth-order valence-corrected chi connectivity index (χ4v) is 4.50. The molecule has 10 heteroatoms. The largest absolute Gasteiger partial charge is 0.444 e. The van der Waals surface area contributed by atoms with Gasteiger partial charge in [0.05, 0.1) is 30.2 Å². The maximum absolute atomic E-state index is 15.1. The van der Waals surface area contributed by atoms with Crippen LogP contribution in [-0.4, -0.2) is 60.2 Å². The monoisotopic (exact) mass is 482 g/mol. The van der Waals surface area contributed by atoms with Gasteiger partial charge in [0, 0.05) is 23.7 Å². The van der Waals surface area contributed by atoms with E-state index >= 15 is 8.78 Å². The number of carbonyl (C=O) groups excluding carboxylic acids is 1. The minimum Gasteiger partial charge on any atom is -0.444 e. The van der Waals surface area contributed by atoms with E-state index in [9.17, 15) is 4.79 Å². The molecule has 0 unspecified atom stereocenters. The highest BCUT2D eigenvalue weighted by Gasteiger charge is 2.35. The number of imidazole rings is 1. The molecule has 184 valence electrons. The van der Waals surface area contributed by atoms with Crippen LogP contribution < -0.4 is 0 Å². The molecule has 0 aliphatic carbocycles. The Labute approximate surface area is 201 Å². The predicted molar refractivity (Wildman–Crippen MR) is 128 cm³/mol. The van der Waals surface area contributed by atoms with Crippen molar-refractivity contribution in [2.75, 3.05) is 13.1 Å². The van der Waals surface area contributed by atoms with E-state index in [1.165, 1.54) is 15.6 Å². The number of piperidine rings is 1. The molecule has 5 rings (SSSR count). The number of amides is 1. The molecule has 1 saturated heterocycles. The van der Waals surface area contributed by atoms with Gasteiger partial charge in [0.25, 0.3) is 0 Å². The summed E-state index contributed by atoms with van der Waals surface area (Å²) in [5.74, 6) is -0.501. The highest BCUT2D eigenvalue weighted by molar-refractivity contribution is 5.84. The van der Waals surface area contributed by atoms with Crippen molar-refractivity contribution in [1.29, 1.82) is 0 Å². The zero-order valence-electron chi connectivity index (χ0n) is 20.4. The Morgan fingerprint density at radius 2 is 1.91 bits per heavy atom. The topological polar surface area (TPSA) is 77.6 Å². The number of aromatic nitrogens is 5. The maximum Gasteiger partial charge on any atom is 0.410 e. The van der Waals surface area contributed by atoms with Crippen molar-refractivity contribution < 1.29 is 18.3 Å². The molecule has 8 nitrogen and oxygen atoms in total. The van der Waals surface area contributed by atoms with Gasteiger partial charge in [0.2, 0.25) is 0 Å². The van der Waals surface area contributed by atoms with Crippen LogP contribution in [-0.2, 0) is 4.74 Å². The van der Waals surface area contributed by atoms with Gasteiger partial charge < -0.3 is 9.64 Å². The van der Waals surface area contributed by atoms with Crippen LogP contribution in [0.15, 0.2) is 30.6 Å². The molecule has 0 radical (unpaired) electrons. The smallest absolute Gasteiger partial charge is 0.410 e. The van der Waals surface area contributed by atoms with Gasteiger partial charge in [-0.1, -0.05) is 0 Å². The highest BCUT2D eigenvalue weighted by Crippen LogP contribution is 2.31. The molecular formula is C25H28F2N6O2. The third-order valence-corrected chi connectivity index (χ3v) is 6.10. The summed E-state index contributed by atoms with van der Waals surface area (Å²) in [5, 5.41) is 9.50. The molecular weight excluding hydrogens is 454 g/mol. The van der Waals surface area contributed by atoms with Crippen molar-refractivity contribution >= 4 is 22.6 Å². The van der Waals surface area contributed by atoms with E-state index < -0.39 is 29.7 Å². The summed E-state index contributed by atoms with van der Waals surface area (Å²) in [6.45, 7) is 9.37. The molecule has 2 atom stereocenters. The molecule has 4 aromatic rings. The van der Waals surface area contributed by atoms with E-state index in [2.05, 4.69) is 15.2 Å². The summed E-state index contributed by atoms with van der Waals surface area (Å²) in [6.07, 6.45) is 1.94. The highest BCUT2D eigenvalue weighted by atomic mass is 19.1. The van der Waals surface area contributed by atoms with Crippen LogP contribution in [0.5, 0.6) is 0 Å². The van der Waals surface area contributed by atoms with Gasteiger partial charge >= 0.3 is 6.09 Å². The molecule has 0 bridgehead atoms. The number of nitrogens with zero attached hydrogens (tertiary/aromatic N) is 6. The van der Waals surface area contributed by atoms with Crippen LogP contribution in [0, 0.1) is 19.7 Å². The zero-order chi connectivity index (χ0) is 25.1. The minimum atomic E-state index is -1.36. The van der Waals surface area contributed by atoms with Crippen LogP contribution in [0.2, 0.25) is 0 Å². The van der Waals surface area contributed by atoms with Crippen molar-refractivity contribution in [3.05, 3.63) is 47.7 Å². The Kier molecular flexibility index (Phi) is 5.49. The molecule has 1 amide bonds. The average Bonchev–Trinajstić information content (AvgIpc) is 3.35. The summed E-state index contributed by atoms with van der Waals surface area (Å²) in [6, 6.07) is 4.48. The second-order valence-electron chi connectivity index (χ2n) is 10.2. The number of rotatable bonds is 2. The Morgan fingerprint density at radius 1 is 1.14 bits per heavy atom. The van der Waals surface area contributed by atoms with Crippen molar-refractivity contribution in [3.63, 3.8) is 0 Å². The molecule has 0 spiro atoms. The minimum absolute atomic E-state index is 0.100. The van der Waals surface area contributed by atoms with Crippen LogP contribution >= 0.6 is 0 Å². The first-order chi connectivity index (χ1) is 16.5. The molecule has 3 aromatic heterocycles. The van der Waals surface area contributed by atoms with E-state index in [4.69, 9.17) is 4.74 Å². The maximum atomic E-state index is 15.1. The number of fused-ring (bicyclic) bond motifs is 2. The summed E-state index contributed by atoms with van der Waals surface area (Å²) < 4.78 is 38.7. The first-order valence-electron chi connectivity index (χ1n) is 11.6. The third-order valence-electron chi connectivity index (χ3n) is 6.10. The van der Waals surface area contributed by atoms with Crippen LogP contribution in [0.25, 0.3) is 27.8 Å². The van der Waals surface area contributed by atoms with Gasteiger partial charge in [0.1, 0.15) is 17.3 Å². The standard InChI is InChI=1S/C25H28F2N6O2/c1-14-8-20(29-33-11-15(2)28-23(14)33)16-9-17-12-32(30-22(17)18(26)10-16)21-6-7-31(13-19(21)27)24(34)35-25(3,4)5/h8-12,19,21H,6-7,13H2,1-5H3/t19-,21-/m0/s1. The lowest BCUT2D eigenvalue weighted by Crippen LogP contribution is -2.47. The van der Waals surface area contributed by atoms with Crippen LogP contribution in [0.4, 0.5) is 13.6 Å². The average molecular weight is 483 g/mol. The number of hydrogen-bond donors (Lipinski definition) is 0. The van der Waals surface area contributed by atoms with E-state index in [1.54, 1.807) is 31.5 Å². The lowest BCUT2D eigenvalue weighted by Gasteiger charge is -2.35. The number of halogens is 2. The fourth-order valence-electron chi connectivity index (χ4n) is 4.50. The molecule has 0 saturated carbocycles. The van der Waals surface area contributed by atoms with Gasteiger partial charge in [-0.2, -0.15) is 10.2 Å². The summed E-state index contributed by atoms with van der Waals surface area (Å²) in [4.78, 5) is 18.1. The Hall–Kier alpha value is -3.56. The van der Waals surface area contributed by atoms with Gasteiger partial charge in [-0.15, -0.1) is 0 Å². The van der Waals surface area contributed by atoms with Crippen LogP contribution in [0.1, 0.15) is 44.5 Å². The molecule has 4 heterocycles. The first-order valence-corrected chi connectivity index (χ1v) is 11.6. The number of aryl methyl sites for hydroxylation is 2. The number of ether oxygens (including phenoxy) is 1. The van der Waals surface area contributed by atoms with E-state index in [0.29, 0.717) is 29.6 Å². The number of likely N-dealkylation sites (tertiary alicyclic amines) is 1. The SMILES string of the molecule is Cc1cn2nc(-c3cc(F)c4nn([C@H]5CCN(C(=O)OC(C)(C)C)C[C@@H]5F)cc4c3)cc(C)c2n1. The molecule has 0 N–H and O–H groups in total. The number of hydrogen-bond acceptors (Lipinski definition) is 5. The third kappa shape index (κ3) is 4.44. The molecule has 1 fully saturated rings. The zero-order valence-corrected chi connectivity index (χ0v) is 20.4. The van der Waals surface area contributed by atoms with Gasteiger partial charge in [-0.25, -0.2) is 23.1 Å². The van der Waals surface area contributed by atoms with Crippen molar-refractivity contribution in [3.8, 4) is 11.3 Å². The molecule has 1 aliphatic rings. The summed E-state index contributed by atoms with van der Waals surface area (Å²) >= 11 is 0. The molecule has 35 heavy (non-hydrogen) atoms. The van der Waals surface area contributed by atoms with E-state index in [-0.39, 0.29) is 12.1 Å². The molecule has 1 aromatic carbocycles. The quantitative estimate of drug-likeness (QED) is 0.401. The second kappa shape index (κ2) is 8.28. The summed E-state index contributed by atoms with van der Waals surface area (Å²) in [7, 11) is 0. The lowest BCUT2D eigenvalue weighted by atomic mass is 10.0. The number of benzene rings is 1. The number of carbonyl (C=O) groups is 1. The van der Waals surface area contributed by atoms with Gasteiger partial charge in [0.15, 0.2) is 11.5 Å². The second-order valence-corrected chi connectivity index (χ2v) is 10.2. The Balaban J connectivity index is 1.42. The van der Waals surface area contributed by atoms with Gasteiger partial charge in [-0.3, -0.25) is 4.68 Å². The molecule has 1 aliphatic heterocycles. The van der Waals surface area contributed by atoms with E-state index in [1.807, 2.05) is 32.2 Å².